The smallest absolute Gasteiger partial charge is 0.408 e. The van der Waals surface area contributed by atoms with Crippen molar-refractivity contribution in [3.63, 3.8) is 0 Å². The van der Waals surface area contributed by atoms with Gasteiger partial charge in [0.25, 0.3) is 5.91 Å². The van der Waals surface area contributed by atoms with Crippen LogP contribution in [0.15, 0.2) is 48.7 Å². The first kappa shape index (κ1) is 36.6. The van der Waals surface area contributed by atoms with Crippen LogP contribution in [0.5, 0.6) is 5.88 Å². The zero-order chi connectivity index (χ0) is 35.6. The number of alkyl carbamates (subject to hydrolysis) is 1. The molecule has 1 saturated carbocycles. The minimum atomic E-state index is -3.93. The number of carbonyl (C=O) groups excluding carboxylic acids is 4. The highest BCUT2D eigenvalue weighted by atomic mass is 35.5. The number of benzene rings is 1. The molecule has 2 heterocycles. The summed E-state index contributed by atoms with van der Waals surface area (Å²) < 4.78 is 38.5. The Hall–Kier alpha value is -4.24. The summed E-state index contributed by atoms with van der Waals surface area (Å²) in [7, 11) is -3.93. The summed E-state index contributed by atoms with van der Waals surface area (Å²) in [5.74, 6) is -2.33. The second-order valence-corrected chi connectivity index (χ2v) is 16.1. The molecule has 14 nitrogen and oxygen atoms in total. The fraction of sp³-hybridized carbons (Fsp3) is 0.500. The molecular weight excluding hydrogens is 664 g/mol. The molecule has 2 aliphatic rings. The Morgan fingerprint density at radius 1 is 1.06 bits per heavy atom. The van der Waals surface area contributed by atoms with Gasteiger partial charge in [-0.15, -0.1) is 10.2 Å². The molecule has 48 heavy (non-hydrogen) atoms. The van der Waals surface area contributed by atoms with Crippen LogP contribution >= 0.6 is 11.6 Å². The Labute approximate surface area is 284 Å². The minimum Gasteiger partial charge on any atom is -0.471 e. The molecule has 0 unspecified atom stereocenters. The first-order valence-electron chi connectivity index (χ1n) is 15.4. The van der Waals surface area contributed by atoms with Crippen LogP contribution in [0.2, 0.25) is 5.15 Å². The molecule has 1 aliphatic heterocycles. The van der Waals surface area contributed by atoms with E-state index in [2.05, 4.69) is 27.4 Å². The van der Waals surface area contributed by atoms with Crippen molar-refractivity contribution in [3.8, 4) is 5.88 Å². The second kappa shape index (κ2) is 14.1. The zero-order valence-electron chi connectivity index (χ0n) is 27.7. The number of carbonyl (C=O) groups is 4. The molecule has 1 aliphatic carbocycles. The monoisotopic (exact) mass is 704 g/mol. The molecule has 0 spiro atoms. The van der Waals surface area contributed by atoms with Crippen molar-refractivity contribution in [2.24, 2.45) is 5.41 Å². The molecule has 4 amide bonds. The Kier molecular flexibility index (Phi) is 10.7. The number of amides is 4. The lowest BCUT2D eigenvalue weighted by atomic mass is 9.85. The highest BCUT2D eigenvalue weighted by Crippen LogP contribution is 2.32. The molecule has 3 N–H and O–H groups in total. The van der Waals surface area contributed by atoms with Gasteiger partial charge in [0.1, 0.15) is 29.5 Å². The quantitative estimate of drug-likeness (QED) is 0.245. The van der Waals surface area contributed by atoms with Gasteiger partial charge in [-0.3, -0.25) is 14.4 Å². The van der Waals surface area contributed by atoms with Gasteiger partial charge in [0.2, 0.25) is 27.7 Å². The van der Waals surface area contributed by atoms with Crippen molar-refractivity contribution in [1.82, 2.24) is 30.5 Å². The van der Waals surface area contributed by atoms with Crippen LogP contribution in [-0.2, 0) is 29.1 Å². The lowest BCUT2D eigenvalue weighted by Crippen LogP contribution is -2.58. The highest BCUT2D eigenvalue weighted by Gasteiger charge is 2.47. The largest absolute Gasteiger partial charge is 0.471 e. The van der Waals surface area contributed by atoms with E-state index in [0.717, 1.165) is 6.08 Å². The molecule has 3 atom stereocenters. The second-order valence-electron chi connectivity index (χ2n) is 13.7. The van der Waals surface area contributed by atoms with Crippen LogP contribution in [0.4, 0.5) is 4.79 Å². The number of nitrogens with one attached hydrogen (secondary N) is 3. The summed E-state index contributed by atoms with van der Waals surface area (Å²) in [5, 5.41) is 13.8. The van der Waals surface area contributed by atoms with E-state index in [9.17, 15) is 27.6 Å². The molecule has 260 valence electrons. The van der Waals surface area contributed by atoms with Gasteiger partial charge in [-0.25, -0.2) is 17.9 Å². The number of rotatable bonds is 10. The number of hydrogen-bond acceptors (Lipinski definition) is 10. The van der Waals surface area contributed by atoms with Crippen molar-refractivity contribution in [2.75, 3.05) is 6.54 Å². The zero-order valence-corrected chi connectivity index (χ0v) is 29.3. The first-order valence-corrected chi connectivity index (χ1v) is 17.3. The maximum absolute atomic E-state index is 14.3. The summed E-state index contributed by atoms with van der Waals surface area (Å²) in [6, 6.07) is 4.67. The highest BCUT2D eigenvalue weighted by molar-refractivity contribution is 7.91. The SMILES string of the molecule is C=C/C=C(/NC(=O)[C@@H]1C[C@@H](Oc2nnc(Cl)c3ccccc23)CN1C(=O)[C@@H](NC(=O)OC(C)(C)C)C(C)(C)C)C(=O)NS(=O)(=O)C1CC1. The molecule has 0 radical (unpaired) electrons. The van der Waals surface area contributed by atoms with Crippen LogP contribution in [0.25, 0.3) is 10.8 Å². The van der Waals surface area contributed by atoms with Gasteiger partial charge >= 0.3 is 6.09 Å². The van der Waals surface area contributed by atoms with E-state index in [0.29, 0.717) is 23.6 Å². The van der Waals surface area contributed by atoms with Crippen LogP contribution in [0.3, 0.4) is 0 Å². The molecule has 2 fully saturated rings. The molecular formula is C32H41ClN6O8S. The number of sulfonamides is 1. The van der Waals surface area contributed by atoms with Crippen LogP contribution in [-0.4, -0.2) is 82.9 Å². The van der Waals surface area contributed by atoms with E-state index in [1.165, 1.54) is 11.0 Å². The van der Waals surface area contributed by atoms with Crippen molar-refractivity contribution >= 4 is 56.2 Å². The summed E-state index contributed by atoms with van der Waals surface area (Å²) in [5.41, 5.74) is -2.06. The summed E-state index contributed by atoms with van der Waals surface area (Å²) >= 11 is 6.23. The number of hydrogen-bond donors (Lipinski definition) is 3. The summed E-state index contributed by atoms with van der Waals surface area (Å²) in [6.45, 7) is 13.7. The van der Waals surface area contributed by atoms with Crippen LogP contribution < -0.4 is 20.1 Å². The van der Waals surface area contributed by atoms with Gasteiger partial charge < -0.3 is 25.0 Å². The number of fused-ring (bicyclic) bond motifs is 1. The van der Waals surface area contributed by atoms with E-state index < -0.39 is 68.3 Å². The maximum atomic E-state index is 14.3. The van der Waals surface area contributed by atoms with Gasteiger partial charge in [-0.2, -0.15) is 0 Å². The van der Waals surface area contributed by atoms with E-state index in [1.54, 1.807) is 65.8 Å². The normalized spacial score (nSPS) is 19.3. The maximum Gasteiger partial charge on any atom is 0.408 e. The van der Waals surface area contributed by atoms with Gasteiger partial charge in [-0.1, -0.05) is 63.2 Å². The number of allylic oxidation sites excluding steroid dienone is 2. The lowest BCUT2D eigenvalue weighted by Gasteiger charge is -2.35. The third-order valence-electron chi connectivity index (χ3n) is 7.49. The summed E-state index contributed by atoms with van der Waals surface area (Å²) in [6.07, 6.45) is 1.56. The fourth-order valence-corrected chi connectivity index (χ4v) is 6.55. The lowest BCUT2D eigenvalue weighted by molar-refractivity contribution is -0.142. The number of ether oxygens (including phenoxy) is 2. The average Bonchev–Trinajstić information content (AvgIpc) is 3.76. The fourth-order valence-electron chi connectivity index (χ4n) is 5.06. The van der Waals surface area contributed by atoms with Crippen molar-refractivity contribution in [1.29, 1.82) is 0 Å². The average molecular weight is 705 g/mol. The van der Waals surface area contributed by atoms with Crippen LogP contribution in [0.1, 0.15) is 60.8 Å². The molecule has 2 aromatic rings. The number of halogens is 1. The van der Waals surface area contributed by atoms with E-state index in [1.807, 2.05) is 4.72 Å². The number of nitrogens with zero attached hydrogens (tertiary/aromatic N) is 3. The van der Waals surface area contributed by atoms with E-state index in [4.69, 9.17) is 21.1 Å². The number of likely N-dealkylation sites (tertiary alicyclic amines) is 1. The van der Waals surface area contributed by atoms with Crippen molar-refractivity contribution < 1.29 is 37.1 Å². The number of aromatic nitrogens is 2. The third-order valence-corrected chi connectivity index (χ3v) is 9.59. The van der Waals surface area contributed by atoms with E-state index in [-0.39, 0.29) is 29.7 Å². The predicted molar refractivity (Wildman–Crippen MR) is 178 cm³/mol. The standard InChI is InChI=1S/C32H41ClN6O8S/c1-8-11-22(26(40)38-48(44,45)19-14-15-19)34-27(41)23-16-18(46-28-21-13-10-9-12-20(21)25(33)36-37-28)17-39(23)29(42)24(31(2,3)4)35-30(43)47-32(5,6)7/h8-13,18-19,23-24H,1,14-17H2,2-7H3,(H,34,41)(H,35,43)(H,38,40)/b22-11+/t18-,23+,24-/m1/s1. The summed E-state index contributed by atoms with van der Waals surface area (Å²) in [4.78, 5) is 55.2. The predicted octanol–water partition coefficient (Wildman–Crippen LogP) is 3.37. The minimum absolute atomic E-state index is 0.0527. The van der Waals surface area contributed by atoms with Gasteiger partial charge in [0.05, 0.1) is 11.8 Å². The Bertz CT molecular complexity index is 1750. The van der Waals surface area contributed by atoms with E-state index >= 15 is 0 Å². The van der Waals surface area contributed by atoms with Gasteiger partial charge in [0.15, 0.2) is 5.15 Å². The molecule has 1 aromatic heterocycles. The Morgan fingerprint density at radius 3 is 2.29 bits per heavy atom. The van der Waals surface area contributed by atoms with Crippen molar-refractivity contribution in [2.45, 2.75) is 89.8 Å². The Balaban J connectivity index is 1.65. The van der Waals surface area contributed by atoms with Crippen LogP contribution in [0, 0.1) is 5.41 Å². The first-order chi connectivity index (χ1) is 22.3. The molecule has 1 saturated heterocycles. The molecule has 0 bridgehead atoms. The van der Waals surface area contributed by atoms with Crippen molar-refractivity contribution in [3.05, 3.63) is 53.8 Å². The van der Waals surface area contributed by atoms with Gasteiger partial charge in [-0.05, 0) is 51.2 Å². The third kappa shape index (κ3) is 9.01. The van der Waals surface area contributed by atoms with Gasteiger partial charge in [0, 0.05) is 17.2 Å². The Morgan fingerprint density at radius 2 is 1.71 bits per heavy atom. The molecule has 4 rings (SSSR count). The topological polar surface area (TPSA) is 186 Å². The molecule has 16 heteroatoms. The molecule has 1 aromatic carbocycles.